The van der Waals surface area contributed by atoms with Crippen molar-refractivity contribution in [2.45, 2.75) is 58.4 Å². The van der Waals surface area contributed by atoms with Crippen LogP contribution in [0.1, 0.15) is 67.1 Å². The number of amides is 1. The molecule has 1 amide bonds. The molecule has 1 saturated carbocycles. The lowest BCUT2D eigenvalue weighted by Crippen LogP contribution is -2.30. The van der Waals surface area contributed by atoms with Gasteiger partial charge in [0.25, 0.3) is 5.91 Å². The zero-order chi connectivity index (χ0) is 28.0. The summed E-state index contributed by atoms with van der Waals surface area (Å²) in [5.74, 6) is 0.0976. The molecule has 2 fully saturated rings. The maximum Gasteiger partial charge on any atom is 0.318 e. The molecule has 0 spiro atoms. The molecule has 2 aliphatic heterocycles. The van der Waals surface area contributed by atoms with Crippen molar-refractivity contribution in [3.63, 3.8) is 0 Å². The predicted octanol–water partition coefficient (Wildman–Crippen LogP) is 5.30. The van der Waals surface area contributed by atoms with E-state index >= 15 is 0 Å². The van der Waals surface area contributed by atoms with E-state index in [1.165, 1.54) is 6.07 Å². The number of hydrogen-bond acceptors (Lipinski definition) is 7. The number of fused-ring (bicyclic) bond motifs is 2. The Balaban J connectivity index is 1.41. The van der Waals surface area contributed by atoms with Gasteiger partial charge in [-0.25, -0.2) is 4.39 Å². The van der Waals surface area contributed by atoms with Gasteiger partial charge in [0, 0.05) is 36.5 Å². The Labute approximate surface area is 234 Å². The van der Waals surface area contributed by atoms with Crippen molar-refractivity contribution in [1.29, 1.82) is 0 Å². The van der Waals surface area contributed by atoms with Gasteiger partial charge in [0.1, 0.15) is 22.9 Å². The van der Waals surface area contributed by atoms with Crippen molar-refractivity contribution in [3.8, 4) is 11.8 Å². The average molecular weight is 548 g/mol. The van der Waals surface area contributed by atoms with Gasteiger partial charge in [-0.2, -0.15) is 9.97 Å². The first kappa shape index (κ1) is 26.7. The maximum atomic E-state index is 14.9. The Morgan fingerprint density at radius 2 is 1.85 bits per heavy atom. The number of aryl methyl sites for hydroxylation is 1. The maximum absolute atomic E-state index is 14.9. The molecular weight excluding hydrogens is 509 g/mol. The summed E-state index contributed by atoms with van der Waals surface area (Å²) < 4.78 is 21.1. The number of anilines is 2. The van der Waals surface area contributed by atoms with E-state index in [0.29, 0.717) is 58.1 Å². The van der Waals surface area contributed by atoms with E-state index in [1.54, 1.807) is 23.1 Å². The normalized spacial score (nSPS) is 18.4. The van der Waals surface area contributed by atoms with Crippen LogP contribution < -0.4 is 14.5 Å². The van der Waals surface area contributed by atoms with E-state index in [2.05, 4.69) is 23.9 Å². The van der Waals surface area contributed by atoms with Crippen LogP contribution in [-0.4, -0.2) is 66.2 Å². The molecule has 2 aromatic carbocycles. The quantitative estimate of drug-likeness (QED) is 0.410. The number of benzene rings is 2. The molecule has 3 aliphatic rings. The smallest absolute Gasteiger partial charge is 0.318 e. The molecule has 6 rings (SSSR count). The summed E-state index contributed by atoms with van der Waals surface area (Å²) in [5.41, 5.74) is 2.22. The van der Waals surface area contributed by atoms with Crippen LogP contribution in [0, 0.1) is 11.2 Å². The standard InChI is InChI=1S/C31H38FN5O3/c1-4-22-23(32)10-9-20-15-21(38)16-25(26(20)22)37-17-24-27(29(37)39)28(36-13-7-5-6-8-14-36)34-30(33-24)40-19-31(11-12-31)18-35(2)3/h9-10,15-16,38H,4-8,11-14,17-19H2,1-3H3. The molecule has 0 bridgehead atoms. The molecule has 1 saturated heterocycles. The number of rotatable bonds is 8. The van der Waals surface area contributed by atoms with Crippen molar-refractivity contribution in [2.75, 3.05) is 50.1 Å². The molecule has 0 atom stereocenters. The van der Waals surface area contributed by atoms with Gasteiger partial charge in [-0.05, 0) is 69.3 Å². The molecule has 0 unspecified atom stereocenters. The number of aromatic nitrogens is 2. The molecule has 1 aliphatic carbocycles. The Bertz CT molecular complexity index is 1450. The highest BCUT2D eigenvalue weighted by molar-refractivity contribution is 6.16. The highest BCUT2D eigenvalue weighted by atomic mass is 19.1. The molecule has 212 valence electrons. The first-order valence-electron chi connectivity index (χ1n) is 14.5. The number of halogens is 1. The van der Waals surface area contributed by atoms with Crippen LogP contribution in [0.25, 0.3) is 10.8 Å². The molecule has 3 heterocycles. The second-order valence-corrected chi connectivity index (χ2v) is 11.9. The highest BCUT2D eigenvalue weighted by Crippen LogP contribution is 2.46. The summed E-state index contributed by atoms with van der Waals surface area (Å²) in [6.07, 6.45) is 7.07. The highest BCUT2D eigenvalue weighted by Gasteiger charge is 2.44. The van der Waals surface area contributed by atoms with E-state index in [0.717, 1.165) is 58.2 Å². The zero-order valence-corrected chi connectivity index (χ0v) is 23.7. The Kier molecular flexibility index (Phi) is 7.02. The number of aromatic hydroxyl groups is 1. The summed E-state index contributed by atoms with van der Waals surface area (Å²) in [6, 6.07) is 6.54. The lowest BCUT2D eigenvalue weighted by Gasteiger charge is -2.24. The van der Waals surface area contributed by atoms with Gasteiger partial charge in [0.05, 0.1) is 24.5 Å². The summed E-state index contributed by atoms with van der Waals surface area (Å²) in [7, 11) is 4.15. The number of carbonyl (C=O) groups is 1. The van der Waals surface area contributed by atoms with Crippen LogP contribution in [0.4, 0.5) is 15.9 Å². The fraction of sp³-hybridized carbons (Fsp3) is 0.516. The summed E-state index contributed by atoms with van der Waals surface area (Å²) in [5, 5.41) is 11.9. The van der Waals surface area contributed by atoms with Crippen molar-refractivity contribution in [2.24, 2.45) is 5.41 Å². The van der Waals surface area contributed by atoms with Crippen molar-refractivity contribution < 1.29 is 19.0 Å². The van der Waals surface area contributed by atoms with Crippen molar-refractivity contribution >= 4 is 28.2 Å². The van der Waals surface area contributed by atoms with Gasteiger partial charge in [-0.3, -0.25) is 4.79 Å². The third kappa shape index (κ3) is 4.96. The van der Waals surface area contributed by atoms with Crippen LogP contribution >= 0.6 is 0 Å². The molecule has 1 aromatic heterocycles. The van der Waals surface area contributed by atoms with Gasteiger partial charge >= 0.3 is 6.01 Å². The van der Waals surface area contributed by atoms with E-state index in [1.807, 2.05) is 6.92 Å². The third-order valence-electron chi connectivity index (χ3n) is 8.51. The molecular formula is C31H38FN5O3. The van der Waals surface area contributed by atoms with Gasteiger partial charge < -0.3 is 24.5 Å². The second-order valence-electron chi connectivity index (χ2n) is 11.9. The number of phenolic OH excluding ortho intramolecular Hbond substituents is 1. The fourth-order valence-electron chi connectivity index (χ4n) is 6.38. The topological polar surface area (TPSA) is 82.0 Å². The Morgan fingerprint density at radius 3 is 2.52 bits per heavy atom. The summed E-state index contributed by atoms with van der Waals surface area (Å²) in [4.78, 5) is 29.7. The van der Waals surface area contributed by atoms with Crippen molar-refractivity contribution in [3.05, 3.63) is 46.9 Å². The minimum Gasteiger partial charge on any atom is -0.508 e. The molecule has 3 aromatic rings. The largest absolute Gasteiger partial charge is 0.508 e. The number of phenols is 1. The Morgan fingerprint density at radius 1 is 1.10 bits per heavy atom. The van der Waals surface area contributed by atoms with Gasteiger partial charge in [0.2, 0.25) is 0 Å². The number of ether oxygens (including phenoxy) is 1. The lowest BCUT2D eigenvalue weighted by atomic mass is 9.99. The van der Waals surface area contributed by atoms with Gasteiger partial charge in [-0.15, -0.1) is 0 Å². The minimum absolute atomic E-state index is 0.0263. The van der Waals surface area contributed by atoms with Gasteiger partial charge in [-0.1, -0.05) is 25.8 Å². The summed E-state index contributed by atoms with van der Waals surface area (Å²) >= 11 is 0. The average Bonchev–Trinajstić information content (AvgIpc) is 3.67. The molecule has 40 heavy (non-hydrogen) atoms. The predicted molar refractivity (Wildman–Crippen MR) is 154 cm³/mol. The Hall–Kier alpha value is -3.46. The molecule has 9 heteroatoms. The van der Waals surface area contributed by atoms with E-state index in [9.17, 15) is 14.3 Å². The zero-order valence-electron chi connectivity index (χ0n) is 23.7. The summed E-state index contributed by atoms with van der Waals surface area (Å²) in [6.45, 7) is 5.23. The van der Waals surface area contributed by atoms with Gasteiger partial charge in [0.15, 0.2) is 0 Å². The number of hydrogen-bond donors (Lipinski definition) is 1. The van der Waals surface area contributed by atoms with E-state index in [4.69, 9.17) is 14.7 Å². The molecule has 0 radical (unpaired) electrons. The van der Waals surface area contributed by atoms with Crippen LogP contribution in [0.3, 0.4) is 0 Å². The van der Waals surface area contributed by atoms with Crippen LogP contribution in [0.2, 0.25) is 0 Å². The SMILES string of the molecule is CCc1c(F)ccc2cc(O)cc(N3Cc4nc(OCC5(CN(C)C)CC5)nc(N5CCCCCC5)c4C3=O)c12. The molecule has 8 nitrogen and oxygen atoms in total. The van der Waals surface area contributed by atoms with Crippen LogP contribution in [0.15, 0.2) is 24.3 Å². The first-order chi connectivity index (χ1) is 19.3. The van der Waals surface area contributed by atoms with Crippen molar-refractivity contribution in [1.82, 2.24) is 14.9 Å². The fourth-order valence-corrected chi connectivity index (χ4v) is 6.38. The monoisotopic (exact) mass is 547 g/mol. The van der Waals surface area contributed by atoms with Crippen LogP contribution in [0.5, 0.6) is 11.8 Å². The number of carbonyl (C=O) groups excluding carboxylic acids is 1. The minimum atomic E-state index is -0.321. The second kappa shape index (κ2) is 10.5. The van der Waals surface area contributed by atoms with E-state index in [-0.39, 0.29) is 29.4 Å². The third-order valence-corrected chi connectivity index (χ3v) is 8.51. The van der Waals surface area contributed by atoms with Crippen LogP contribution in [-0.2, 0) is 13.0 Å². The lowest BCUT2D eigenvalue weighted by molar-refractivity contribution is 0.0997. The molecule has 1 N–H and O–H groups in total. The van der Waals surface area contributed by atoms with E-state index < -0.39 is 0 Å². The first-order valence-corrected chi connectivity index (χ1v) is 14.5. The number of nitrogens with zero attached hydrogens (tertiary/aromatic N) is 5.